The number of rotatable bonds is 4. The standard InChI is InChI=1S/C15H20F2N2O/c1-9-5-6-12(16)13(14(9)17)15(20)19-8-11-4-2-3-10(11)7-18/h5-6,10-11H,2-4,7-8,18H2,1H3,(H,19,20). The summed E-state index contributed by atoms with van der Waals surface area (Å²) in [5.74, 6) is -1.61. The van der Waals surface area contributed by atoms with Gasteiger partial charge in [-0.1, -0.05) is 12.5 Å². The van der Waals surface area contributed by atoms with Gasteiger partial charge in [0.05, 0.1) is 0 Å². The van der Waals surface area contributed by atoms with Gasteiger partial charge in [0, 0.05) is 6.54 Å². The van der Waals surface area contributed by atoms with Crippen molar-refractivity contribution >= 4 is 5.91 Å². The fourth-order valence-electron chi connectivity index (χ4n) is 2.87. The molecule has 3 nitrogen and oxygen atoms in total. The number of halogens is 2. The van der Waals surface area contributed by atoms with E-state index in [0.717, 1.165) is 25.3 Å². The van der Waals surface area contributed by atoms with Gasteiger partial charge in [0.15, 0.2) is 0 Å². The molecular formula is C15H20F2N2O. The topological polar surface area (TPSA) is 55.1 Å². The van der Waals surface area contributed by atoms with Crippen molar-refractivity contribution in [2.45, 2.75) is 26.2 Å². The molecule has 0 aromatic heterocycles. The molecule has 0 radical (unpaired) electrons. The maximum Gasteiger partial charge on any atom is 0.257 e. The lowest BCUT2D eigenvalue weighted by atomic mass is 9.96. The van der Waals surface area contributed by atoms with E-state index in [1.165, 1.54) is 13.0 Å². The summed E-state index contributed by atoms with van der Waals surface area (Å²) >= 11 is 0. The Morgan fingerprint density at radius 2 is 2.05 bits per heavy atom. The van der Waals surface area contributed by atoms with Gasteiger partial charge >= 0.3 is 0 Å². The highest BCUT2D eigenvalue weighted by atomic mass is 19.1. The van der Waals surface area contributed by atoms with E-state index in [2.05, 4.69) is 5.32 Å². The maximum atomic E-state index is 13.8. The number of nitrogens with two attached hydrogens (primary N) is 1. The van der Waals surface area contributed by atoms with Crippen molar-refractivity contribution in [2.24, 2.45) is 17.6 Å². The Balaban J connectivity index is 2.04. The van der Waals surface area contributed by atoms with Crippen LogP contribution in [0.5, 0.6) is 0 Å². The summed E-state index contributed by atoms with van der Waals surface area (Å²) in [6, 6.07) is 2.44. The molecule has 0 bridgehead atoms. The molecule has 1 amide bonds. The number of hydrogen-bond acceptors (Lipinski definition) is 2. The molecule has 1 aliphatic carbocycles. The first-order chi connectivity index (χ1) is 9.54. The summed E-state index contributed by atoms with van der Waals surface area (Å²) in [5.41, 5.74) is 5.45. The van der Waals surface area contributed by atoms with Gasteiger partial charge in [-0.15, -0.1) is 0 Å². The van der Waals surface area contributed by atoms with Crippen molar-refractivity contribution in [3.05, 3.63) is 34.9 Å². The molecule has 0 heterocycles. The monoisotopic (exact) mass is 282 g/mol. The SMILES string of the molecule is Cc1ccc(F)c(C(=O)NCC2CCCC2CN)c1F. The van der Waals surface area contributed by atoms with Crippen LogP contribution in [-0.4, -0.2) is 19.0 Å². The number of aryl methyl sites for hydroxylation is 1. The van der Waals surface area contributed by atoms with E-state index < -0.39 is 23.1 Å². The van der Waals surface area contributed by atoms with Crippen LogP contribution >= 0.6 is 0 Å². The van der Waals surface area contributed by atoms with Crippen LogP contribution in [0.3, 0.4) is 0 Å². The van der Waals surface area contributed by atoms with Gasteiger partial charge in [-0.05, 0) is 49.8 Å². The average Bonchev–Trinajstić information content (AvgIpc) is 2.88. The highest BCUT2D eigenvalue weighted by Gasteiger charge is 2.27. The van der Waals surface area contributed by atoms with Crippen LogP contribution in [0, 0.1) is 30.4 Å². The number of carbonyl (C=O) groups is 1. The van der Waals surface area contributed by atoms with Crippen molar-refractivity contribution in [1.82, 2.24) is 5.32 Å². The molecule has 3 N–H and O–H groups in total. The fraction of sp³-hybridized carbons (Fsp3) is 0.533. The van der Waals surface area contributed by atoms with Crippen LogP contribution in [0.15, 0.2) is 12.1 Å². The number of amides is 1. The maximum absolute atomic E-state index is 13.8. The van der Waals surface area contributed by atoms with E-state index in [4.69, 9.17) is 5.73 Å². The van der Waals surface area contributed by atoms with Crippen molar-refractivity contribution in [1.29, 1.82) is 0 Å². The molecule has 2 unspecified atom stereocenters. The minimum absolute atomic E-state index is 0.261. The Morgan fingerprint density at radius 3 is 2.75 bits per heavy atom. The fourth-order valence-corrected chi connectivity index (χ4v) is 2.87. The lowest BCUT2D eigenvalue weighted by Crippen LogP contribution is -2.33. The summed E-state index contributed by atoms with van der Waals surface area (Å²) in [7, 11) is 0. The summed E-state index contributed by atoms with van der Waals surface area (Å²) in [5, 5.41) is 2.64. The molecule has 1 saturated carbocycles. The molecule has 5 heteroatoms. The summed E-state index contributed by atoms with van der Waals surface area (Å²) in [6.45, 7) is 2.52. The third kappa shape index (κ3) is 2.98. The number of carbonyl (C=O) groups excluding carboxylic acids is 1. The van der Waals surface area contributed by atoms with Crippen LogP contribution < -0.4 is 11.1 Å². The summed E-state index contributed by atoms with van der Waals surface area (Å²) < 4.78 is 27.4. The first-order valence-corrected chi connectivity index (χ1v) is 6.97. The Labute approximate surface area is 117 Å². The number of nitrogens with one attached hydrogen (secondary N) is 1. The van der Waals surface area contributed by atoms with Crippen LogP contribution in [0.1, 0.15) is 35.2 Å². The van der Waals surface area contributed by atoms with Crippen molar-refractivity contribution in [3.8, 4) is 0 Å². The molecular weight excluding hydrogens is 262 g/mol. The second kappa shape index (κ2) is 6.31. The summed E-state index contributed by atoms with van der Waals surface area (Å²) in [6.07, 6.45) is 3.15. The Bertz CT molecular complexity index is 505. The van der Waals surface area contributed by atoms with E-state index >= 15 is 0 Å². The van der Waals surface area contributed by atoms with E-state index in [0.29, 0.717) is 24.9 Å². The quantitative estimate of drug-likeness (QED) is 0.891. The molecule has 110 valence electrons. The Morgan fingerprint density at radius 1 is 1.35 bits per heavy atom. The molecule has 0 saturated heterocycles. The highest BCUT2D eigenvalue weighted by molar-refractivity contribution is 5.94. The van der Waals surface area contributed by atoms with Gasteiger partial charge in [-0.2, -0.15) is 0 Å². The van der Waals surface area contributed by atoms with E-state index in [9.17, 15) is 13.6 Å². The molecule has 20 heavy (non-hydrogen) atoms. The largest absolute Gasteiger partial charge is 0.352 e. The third-order valence-electron chi connectivity index (χ3n) is 4.16. The number of hydrogen-bond donors (Lipinski definition) is 2. The number of benzene rings is 1. The first kappa shape index (κ1) is 14.9. The first-order valence-electron chi connectivity index (χ1n) is 6.97. The van der Waals surface area contributed by atoms with Gasteiger partial charge in [0.2, 0.25) is 0 Å². The second-order valence-electron chi connectivity index (χ2n) is 5.45. The molecule has 2 rings (SSSR count). The van der Waals surface area contributed by atoms with Gasteiger partial charge in [0.25, 0.3) is 5.91 Å². The lowest BCUT2D eigenvalue weighted by molar-refractivity contribution is 0.0935. The predicted octanol–water partition coefficient (Wildman–Crippen LogP) is 2.38. The van der Waals surface area contributed by atoms with Gasteiger partial charge in [-0.25, -0.2) is 8.78 Å². The molecule has 1 aliphatic rings. The van der Waals surface area contributed by atoms with Crippen LogP contribution in [0.2, 0.25) is 0 Å². The third-order valence-corrected chi connectivity index (χ3v) is 4.16. The zero-order chi connectivity index (χ0) is 14.7. The van der Waals surface area contributed by atoms with Crippen LogP contribution in [0.25, 0.3) is 0 Å². The second-order valence-corrected chi connectivity index (χ2v) is 5.45. The Kier molecular flexibility index (Phi) is 4.70. The lowest BCUT2D eigenvalue weighted by Gasteiger charge is -2.18. The van der Waals surface area contributed by atoms with Crippen molar-refractivity contribution < 1.29 is 13.6 Å². The normalized spacial score (nSPS) is 22.0. The van der Waals surface area contributed by atoms with Gasteiger partial charge < -0.3 is 11.1 Å². The summed E-state index contributed by atoms with van der Waals surface area (Å²) in [4.78, 5) is 12.0. The zero-order valence-corrected chi connectivity index (χ0v) is 11.6. The van der Waals surface area contributed by atoms with E-state index in [-0.39, 0.29) is 5.56 Å². The molecule has 1 fully saturated rings. The van der Waals surface area contributed by atoms with Crippen LogP contribution in [0.4, 0.5) is 8.78 Å². The molecule has 1 aromatic rings. The van der Waals surface area contributed by atoms with Gasteiger partial charge in [-0.3, -0.25) is 4.79 Å². The Hall–Kier alpha value is -1.49. The van der Waals surface area contributed by atoms with Gasteiger partial charge in [0.1, 0.15) is 17.2 Å². The molecule has 0 spiro atoms. The van der Waals surface area contributed by atoms with Crippen LogP contribution in [-0.2, 0) is 0 Å². The van der Waals surface area contributed by atoms with Crippen molar-refractivity contribution in [3.63, 3.8) is 0 Å². The molecule has 0 aliphatic heterocycles. The molecule has 2 atom stereocenters. The highest BCUT2D eigenvalue weighted by Crippen LogP contribution is 2.30. The van der Waals surface area contributed by atoms with E-state index in [1.54, 1.807) is 0 Å². The molecule has 1 aromatic carbocycles. The average molecular weight is 282 g/mol. The van der Waals surface area contributed by atoms with Crippen molar-refractivity contribution in [2.75, 3.05) is 13.1 Å². The van der Waals surface area contributed by atoms with E-state index in [1.807, 2.05) is 0 Å². The minimum atomic E-state index is -0.826. The smallest absolute Gasteiger partial charge is 0.257 e. The zero-order valence-electron chi connectivity index (χ0n) is 11.6. The predicted molar refractivity (Wildman–Crippen MR) is 73.3 cm³/mol. The minimum Gasteiger partial charge on any atom is -0.352 e.